The average molecular weight is 249 g/mol. The van der Waals surface area contributed by atoms with E-state index in [0.717, 1.165) is 18.8 Å². The number of likely N-dealkylation sites (tertiary alicyclic amines) is 1. The third kappa shape index (κ3) is 1.94. The van der Waals surface area contributed by atoms with Gasteiger partial charge in [-0.15, -0.1) is 0 Å². The van der Waals surface area contributed by atoms with Crippen LogP contribution in [0, 0.1) is 0 Å². The van der Waals surface area contributed by atoms with Gasteiger partial charge in [-0.25, -0.2) is 4.39 Å². The summed E-state index contributed by atoms with van der Waals surface area (Å²) in [5, 5.41) is 3.13. The summed E-state index contributed by atoms with van der Waals surface area (Å²) in [6, 6.07) is 9.69. The smallest absolute Gasteiger partial charge is 0.102 e. The molecule has 0 aromatic heterocycles. The monoisotopic (exact) mass is 249 g/mol. The number of nitrogens with one attached hydrogen (secondary N) is 1. The Morgan fingerprint density at radius 1 is 1.22 bits per heavy atom. The van der Waals surface area contributed by atoms with Gasteiger partial charge in [0.05, 0.1) is 0 Å². The van der Waals surface area contributed by atoms with E-state index in [1.807, 2.05) is 7.05 Å². The Bertz CT molecular complexity index is 406. The van der Waals surface area contributed by atoms with Crippen molar-refractivity contribution in [2.75, 3.05) is 43.6 Å². The molecular formula is C14H20FN3. The van der Waals surface area contributed by atoms with E-state index >= 15 is 0 Å². The van der Waals surface area contributed by atoms with Gasteiger partial charge >= 0.3 is 0 Å². The van der Waals surface area contributed by atoms with Gasteiger partial charge in [-0.2, -0.15) is 0 Å². The van der Waals surface area contributed by atoms with Crippen molar-refractivity contribution in [3.63, 3.8) is 0 Å². The van der Waals surface area contributed by atoms with E-state index in [9.17, 15) is 4.39 Å². The molecule has 98 valence electrons. The zero-order valence-electron chi connectivity index (χ0n) is 10.8. The second-order valence-electron chi connectivity index (χ2n) is 5.18. The number of fused-ring (bicyclic) bond motifs is 2. The second-order valence-corrected chi connectivity index (χ2v) is 5.18. The van der Waals surface area contributed by atoms with Gasteiger partial charge in [0.2, 0.25) is 0 Å². The standard InChI is InChI=1S/C14H20FN3/c1-16-11-2-4-12(5-3-11)18-10-13-8-14(18)9-17(13)7-6-15/h2-5,13-14,16H,6-10H2,1H3/t13-,14-/m0/s1. The van der Waals surface area contributed by atoms with Crippen LogP contribution in [0.25, 0.3) is 0 Å². The molecule has 4 heteroatoms. The molecule has 1 aromatic carbocycles. The van der Waals surface area contributed by atoms with E-state index < -0.39 is 0 Å². The van der Waals surface area contributed by atoms with Crippen molar-refractivity contribution >= 4 is 11.4 Å². The molecule has 2 bridgehead atoms. The highest BCUT2D eigenvalue weighted by Crippen LogP contribution is 2.34. The number of hydrogen-bond acceptors (Lipinski definition) is 3. The summed E-state index contributed by atoms with van der Waals surface area (Å²) in [6.45, 7) is 2.44. The van der Waals surface area contributed by atoms with Gasteiger partial charge < -0.3 is 10.2 Å². The number of rotatable bonds is 4. The van der Waals surface area contributed by atoms with Crippen molar-refractivity contribution in [2.45, 2.75) is 18.5 Å². The summed E-state index contributed by atoms with van der Waals surface area (Å²) in [5.41, 5.74) is 2.43. The highest BCUT2D eigenvalue weighted by Gasteiger charge is 2.42. The van der Waals surface area contributed by atoms with E-state index in [-0.39, 0.29) is 6.67 Å². The van der Waals surface area contributed by atoms with Gasteiger partial charge in [-0.05, 0) is 30.7 Å². The van der Waals surface area contributed by atoms with Crippen molar-refractivity contribution in [3.05, 3.63) is 24.3 Å². The molecule has 2 aliphatic rings. The first-order valence-corrected chi connectivity index (χ1v) is 6.66. The second kappa shape index (κ2) is 4.76. The van der Waals surface area contributed by atoms with Crippen molar-refractivity contribution in [1.82, 2.24) is 4.90 Å². The zero-order chi connectivity index (χ0) is 12.5. The normalized spacial score (nSPS) is 26.9. The van der Waals surface area contributed by atoms with Crippen LogP contribution < -0.4 is 10.2 Å². The molecule has 2 saturated heterocycles. The maximum absolute atomic E-state index is 12.4. The van der Waals surface area contributed by atoms with E-state index in [1.54, 1.807) is 0 Å². The van der Waals surface area contributed by atoms with Gasteiger partial charge in [0.25, 0.3) is 0 Å². The molecule has 2 aliphatic heterocycles. The van der Waals surface area contributed by atoms with Crippen LogP contribution in [0.15, 0.2) is 24.3 Å². The van der Waals surface area contributed by atoms with E-state index in [2.05, 4.69) is 39.4 Å². The molecule has 3 rings (SSSR count). The average Bonchev–Trinajstić information content (AvgIpc) is 2.99. The Morgan fingerprint density at radius 3 is 2.56 bits per heavy atom. The number of halogens is 1. The van der Waals surface area contributed by atoms with Crippen LogP contribution in [0.3, 0.4) is 0 Å². The number of piperazine rings is 1. The van der Waals surface area contributed by atoms with E-state index in [4.69, 9.17) is 0 Å². The number of nitrogens with zero attached hydrogens (tertiary/aromatic N) is 2. The Hall–Kier alpha value is -1.29. The van der Waals surface area contributed by atoms with Crippen LogP contribution >= 0.6 is 0 Å². The fourth-order valence-corrected chi connectivity index (χ4v) is 3.27. The Morgan fingerprint density at radius 2 is 2.00 bits per heavy atom. The Labute approximate surface area is 108 Å². The molecule has 0 radical (unpaired) electrons. The minimum absolute atomic E-state index is 0.222. The summed E-state index contributed by atoms with van der Waals surface area (Å²) in [7, 11) is 1.93. The summed E-state index contributed by atoms with van der Waals surface area (Å²) in [6.07, 6.45) is 1.19. The summed E-state index contributed by atoms with van der Waals surface area (Å²) in [4.78, 5) is 4.77. The lowest BCUT2D eigenvalue weighted by molar-refractivity contribution is 0.218. The number of benzene rings is 1. The van der Waals surface area contributed by atoms with Crippen LogP contribution in [0.4, 0.5) is 15.8 Å². The molecule has 18 heavy (non-hydrogen) atoms. The number of hydrogen-bond donors (Lipinski definition) is 1. The number of alkyl halides is 1. The number of anilines is 2. The van der Waals surface area contributed by atoms with Crippen molar-refractivity contribution in [1.29, 1.82) is 0 Å². The minimum Gasteiger partial charge on any atom is -0.388 e. The lowest BCUT2D eigenvalue weighted by Crippen LogP contribution is -2.47. The molecule has 0 spiro atoms. The van der Waals surface area contributed by atoms with Crippen molar-refractivity contribution in [3.8, 4) is 0 Å². The fourth-order valence-electron chi connectivity index (χ4n) is 3.27. The SMILES string of the molecule is CNc1ccc(N2C[C@@H]3C[C@H]2CN3CCF)cc1. The largest absolute Gasteiger partial charge is 0.388 e. The maximum atomic E-state index is 12.4. The predicted octanol–water partition coefficient (Wildman–Crippen LogP) is 1.96. The van der Waals surface area contributed by atoms with Crippen molar-refractivity contribution in [2.24, 2.45) is 0 Å². The zero-order valence-corrected chi connectivity index (χ0v) is 10.8. The van der Waals surface area contributed by atoms with Gasteiger partial charge in [0, 0.05) is 50.1 Å². The maximum Gasteiger partial charge on any atom is 0.102 e. The molecule has 2 atom stereocenters. The molecule has 0 unspecified atom stereocenters. The minimum atomic E-state index is -0.222. The fraction of sp³-hybridized carbons (Fsp3) is 0.571. The van der Waals surface area contributed by atoms with Gasteiger partial charge in [-0.1, -0.05) is 0 Å². The molecule has 0 amide bonds. The molecule has 2 heterocycles. The first-order chi connectivity index (χ1) is 8.81. The van der Waals surface area contributed by atoms with E-state index in [1.165, 1.54) is 12.1 Å². The molecular weight excluding hydrogens is 229 g/mol. The lowest BCUT2D eigenvalue weighted by atomic mass is 10.2. The molecule has 1 N–H and O–H groups in total. The predicted molar refractivity (Wildman–Crippen MR) is 73.1 cm³/mol. The molecule has 1 aromatic rings. The molecule has 0 saturated carbocycles. The lowest BCUT2D eigenvalue weighted by Gasteiger charge is -2.35. The summed E-state index contributed by atoms with van der Waals surface area (Å²) >= 11 is 0. The topological polar surface area (TPSA) is 18.5 Å². The van der Waals surface area contributed by atoms with Gasteiger partial charge in [-0.3, -0.25) is 4.90 Å². The third-order valence-corrected chi connectivity index (χ3v) is 4.21. The molecule has 2 fully saturated rings. The Kier molecular flexibility index (Phi) is 3.12. The Balaban J connectivity index is 1.69. The van der Waals surface area contributed by atoms with Crippen LogP contribution in [-0.2, 0) is 0 Å². The van der Waals surface area contributed by atoms with Crippen LogP contribution in [0.1, 0.15) is 6.42 Å². The van der Waals surface area contributed by atoms with Crippen LogP contribution in [0.2, 0.25) is 0 Å². The third-order valence-electron chi connectivity index (χ3n) is 4.21. The molecule has 3 nitrogen and oxygen atoms in total. The van der Waals surface area contributed by atoms with Crippen LogP contribution in [0.5, 0.6) is 0 Å². The summed E-state index contributed by atoms with van der Waals surface area (Å²) in [5.74, 6) is 0. The van der Waals surface area contributed by atoms with Gasteiger partial charge in [0.1, 0.15) is 6.67 Å². The first-order valence-electron chi connectivity index (χ1n) is 6.66. The van der Waals surface area contributed by atoms with E-state index in [0.29, 0.717) is 18.6 Å². The van der Waals surface area contributed by atoms with Gasteiger partial charge in [0.15, 0.2) is 0 Å². The summed E-state index contributed by atoms with van der Waals surface area (Å²) < 4.78 is 12.4. The van der Waals surface area contributed by atoms with Crippen molar-refractivity contribution < 1.29 is 4.39 Å². The molecule has 0 aliphatic carbocycles. The van der Waals surface area contributed by atoms with Crippen LogP contribution in [-0.4, -0.2) is 50.3 Å². The highest BCUT2D eigenvalue weighted by molar-refractivity contribution is 5.56. The quantitative estimate of drug-likeness (QED) is 0.880. The highest BCUT2D eigenvalue weighted by atomic mass is 19.1. The first kappa shape index (κ1) is 11.8.